The number of aliphatic imine (C=N–C) groups is 1. The van der Waals surface area contributed by atoms with E-state index < -0.39 is 0 Å². The van der Waals surface area contributed by atoms with Gasteiger partial charge in [-0.15, -0.1) is 0 Å². The lowest BCUT2D eigenvalue weighted by atomic mass is 10.2. The van der Waals surface area contributed by atoms with Crippen LogP contribution in [0.3, 0.4) is 0 Å². The van der Waals surface area contributed by atoms with Gasteiger partial charge >= 0.3 is 0 Å². The molecule has 0 aliphatic carbocycles. The first-order valence-electron chi connectivity index (χ1n) is 4.20. The third-order valence-corrected chi connectivity index (χ3v) is 2.52. The average Bonchev–Trinajstić information content (AvgIpc) is 2.24. The fourth-order valence-corrected chi connectivity index (χ4v) is 1.69. The van der Waals surface area contributed by atoms with Crippen LogP contribution in [0.1, 0.15) is 0 Å². The van der Waals surface area contributed by atoms with E-state index in [1.54, 1.807) is 6.07 Å². The fraction of sp³-hybridized carbons (Fsp3) is 0.222. The molecule has 0 aromatic heterocycles. The molecule has 0 bridgehead atoms. The number of rotatable bonds is 3. The Morgan fingerprint density at radius 2 is 1.56 bits per heavy atom. The summed E-state index contributed by atoms with van der Waals surface area (Å²) < 4.78 is 10.1. The second-order valence-corrected chi connectivity index (χ2v) is 3.55. The van der Waals surface area contributed by atoms with Gasteiger partial charge in [0.1, 0.15) is 27.2 Å². The van der Waals surface area contributed by atoms with E-state index >= 15 is 0 Å². The SMILES string of the molecule is COc1cc(OC)c(Cl)c(N=C(N)N)c1Cl. The lowest BCUT2D eigenvalue weighted by Gasteiger charge is -2.11. The van der Waals surface area contributed by atoms with Crippen LogP contribution in [0.5, 0.6) is 11.5 Å². The monoisotopic (exact) mass is 263 g/mol. The molecule has 5 nitrogen and oxygen atoms in total. The van der Waals surface area contributed by atoms with E-state index in [1.807, 2.05) is 0 Å². The number of nitrogens with two attached hydrogens (primary N) is 2. The van der Waals surface area contributed by atoms with Crippen LogP contribution in [0.15, 0.2) is 11.1 Å². The topological polar surface area (TPSA) is 82.9 Å². The Morgan fingerprint density at radius 1 is 1.12 bits per heavy atom. The zero-order valence-corrected chi connectivity index (χ0v) is 10.3. The summed E-state index contributed by atoms with van der Waals surface area (Å²) in [7, 11) is 2.93. The smallest absolute Gasteiger partial charge is 0.191 e. The maximum Gasteiger partial charge on any atom is 0.191 e. The predicted octanol–water partition coefficient (Wildman–Crippen LogP) is 1.92. The molecule has 0 aliphatic heterocycles. The van der Waals surface area contributed by atoms with Gasteiger partial charge < -0.3 is 20.9 Å². The molecule has 0 radical (unpaired) electrons. The molecule has 0 aliphatic rings. The highest BCUT2D eigenvalue weighted by molar-refractivity contribution is 6.40. The van der Waals surface area contributed by atoms with E-state index in [9.17, 15) is 0 Å². The Morgan fingerprint density at radius 3 is 1.88 bits per heavy atom. The minimum Gasteiger partial charge on any atom is -0.495 e. The zero-order chi connectivity index (χ0) is 12.3. The normalized spacial score (nSPS) is 9.75. The Bertz CT molecular complexity index is 403. The molecule has 4 N–H and O–H groups in total. The summed E-state index contributed by atoms with van der Waals surface area (Å²) in [5.41, 5.74) is 10.8. The summed E-state index contributed by atoms with van der Waals surface area (Å²) in [6.45, 7) is 0. The van der Waals surface area contributed by atoms with Crippen molar-refractivity contribution in [2.45, 2.75) is 0 Å². The Labute approximate surface area is 103 Å². The third-order valence-electron chi connectivity index (χ3n) is 1.79. The van der Waals surface area contributed by atoms with E-state index in [0.717, 1.165) is 0 Å². The Kier molecular flexibility index (Phi) is 4.09. The second-order valence-electron chi connectivity index (χ2n) is 2.79. The molecule has 0 fully saturated rings. The van der Waals surface area contributed by atoms with Crippen molar-refractivity contribution in [2.24, 2.45) is 16.5 Å². The summed E-state index contributed by atoms with van der Waals surface area (Å²) in [4.78, 5) is 3.82. The number of benzene rings is 1. The van der Waals surface area contributed by atoms with Crippen LogP contribution in [0.25, 0.3) is 0 Å². The molecule has 0 amide bonds. The van der Waals surface area contributed by atoms with Crippen LogP contribution in [-0.4, -0.2) is 20.2 Å². The van der Waals surface area contributed by atoms with Gasteiger partial charge in [0.25, 0.3) is 0 Å². The number of nitrogens with zero attached hydrogens (tertiary/aromatic N) is 1. The van der Waals surface area contributed by atoms with Crippen LogP contribution < -0.4 is 20.9 Å². The number of hydrogen-bond acceptors (Lipinski definition) is 3. The maximum atomic E-state index is 6.00. The molecular weight excluding hydrogens is 253 g/mol. The molecule has 0 heterocycles. The van der Waals surface area contributed by atoms with Gasteiger partial charge in [0.05, 0.1) is 14.2 Å². The number of hydrogen-bond donors (Lipinski definition) is 2. The van der Waals surface area contributed by atoms with Crippen molar-refractivity contribution in [2.75, 3.05) is 14.2 Å². The van der Waals surface area contributed by atoms with Crippen LogP contribution in [0, 0.1) is 0 Å². The number of halogens is 2. The lowest BCUT2D eigenvalue weighted by molar-refractivity contribution is 0.395. The molecule has 0 saturated heterocycles. The van der Waals surface area contributed by atoms with Crippen molar-refractivity contribution < 1.29 is 9.47 Å². The van der Waals surface area contributed by atoms with Crippen LogP contribution >= 0.6 is 23.2 Å². The first-order chi connectivity index (χ1) is 7.51. The lowest BCUT2D eigenvalue weighted by Crippen LogP contribution is -2.22. The van der Waals surface area contributed by atoms with E-state index in [0.29, 0.717) is 11.5 Å². The zero-order valence-electron chi connectivity index (χ0n) is 8.75. The van der Waals surface area contributed by atoms with Gasteiger partial charge in [0.2, 0.25) is 0 Å². The average molecular weight is 264 g/mol. The highest BCUT2D eigenvalue weighted by Crippen LogP contribution is 2.45. The van der Waals surface area contributed by atoms with Gasteiger partial charge in [0, 0.05) is 6.07 Å². The molecule has 88 valence electrons. The largest absolute Gasteiger partial charge is 0.495 e. The molecule has 0 atom stereocenters. The van der Waals surface area contributed by atoms with Gasteiger partial charge in [-0.25, -0.2) is 4.99 Å². The predicted molar refractivity (Wildman–Crippen MR) is 65.0 cm³/mol. The van der Waals surface area contributed by atoms with Crippen LogP contribution in [0.2, 0.25) is 10.0 Å². The van der Waals surface area contributed by atoms with Gasteiger partial charge in [-0.05, 0) is 0 Å². The van der Waals surface area contributed by atoms with Crippen molar-refractivity contribution in [1.82, 2.24) is 0 Å². The number of guanidine groups is 1. The van der Waals surface area contributed by atoms with Gasteiger partial charge in [-0.1, -0.05) is 23.2 Å². The molecule has 1 aromatic rings. The molecule has 0 saturated carbocycles. The highest BCUT2D eigenvalue weighted by atomic mass is 35.5. The van der Waals surface area contributed by atoms with Gasteiger partial charge in [-0.3, -0.25) is 0 Å². The minimum absolute atomic E-state index is 0.154. The molecule has 0 spiro atoms. The first kappa shape index (κ1) is 12.7. The Hall–Kier alpha value is -1.33. The van der Waals surface area contributed by atoms with Crippen LogP contribution in [-0.2, 0) is 0 Å². The quantitative estimate of drug-likeness (QED) is 0.645. The van der Waals surface area contributed by atoms with E-state index in [4.69, 9.17) is 44.1 Å². The third kappa shape index (κ3) is 2.43. The van der Waals surface area contributed by atoms with Crippen molar-refractivity contribution >= 4 is 34.8 Å². The molecule has 0 unspecified atom stereocenters. The first-order valence-corrected chi connectivity index (χ1v) is 4.96. The van der Waals surface area contributed by atoms with Gasteiger partial charge in [-0.2, -0.15) is 0 Å². The second kappa shape index (κ2) is 5.14. The van der Waals surface area contributed by atoms with Gasteiger partial charge in [0.15, 0.2) is 5.96 Å². The van der Waals surface area contributed by atoms with E-state index in [1.165, 1.54) is 14.2 Å². The summed E-state index contributed by atoms with van der Waals surface area (Å²) in [5, 5.41) is 0.448. The Balaban J connectivity index is 3.49. The van der Waals surface area contributed by atoms with Crippen LogP contribution in [0.4, 0.5) is 5.69 Å². The summed E-state index contributed by atoms with van der Waals surface area (Å²) in [6.07, 6.45) is 0. The van der Waals surface area contributed by atoms with E-state index in [2.05, 4.69) is 4.99 Å². The highest BCUT2D eigenvalue weighted by Gasteiger charge is 2.16. The summed E-state index contributed by atoms with van der Waals surface area (Å²) in [6, 6.07) is 1.55. The summed E-state index contributed by atoms with van der Waals surface area (Å²) in [5.74, 6) is 0.602. The van der Waals surface area contributed by atoms with E-state index in [-0.39, 0.29) is 21.7 Å². The molecular formula is C9H11Cl2N3O2. The van der Waals surface area contributed by atoms with Crippen molar-refractivity contribution in [3.05, 3.63) is 16.1 Å². The summed E-state index contributed by atoms with van der Waals surface area (Å²) >= 11 is 12.0. The number of ether oxygens (including phenoxy) is 2. The van der Waals surface area contributed by atoms with Crippen molar-refractivity contribution in [3.63, 3.8) is 0 Å². The maximum absolute atomic E-state index is 6.00. The molecule has 1 rings (SSSR count). The number of methoxy groups -OCH3 is 2. The molecule has 7 heteroatoms. The van der Waals surface area contributed by atoms with Crippen molar-refractivity contribution in [3.8, 4) is 11.5 Å². The minimum atomic E-state index is -0.154. The van der Waals surface area contributed by atoms with Crippen molar-refractivity contribution in [1.29, 1.82) is 0 Å². The standard InChI is InChI=1S/C9H11Cl2N3O2/c1-15-4-3-5(16-2)7(11)8(6(4)10)14-9(12)13/h3H,1-2H3,(H4,12,13,14). The molecule has 16 heavy (non-hydrogen) atoms. The fourth-order valence-electron chi connectivity index (χ4n) is 1.10. The molecule has 1 aromatic carbocycles.